The van der Waals surface area contributed by atoms with Crippen molar-refractivity contribution in [1.82, 2.24) is 5.09 Å². The van der Waals surface area contributed by atoms with Gasteiger partial charge in [0.1, 0.15) is 0 Å². The number of azide groups is 1. The Morgan fingerprint density at radius 2 is 2.06 bits per heavy atom. The molecule has 0 bridgehead atoms. The van der Waals surface area contributed by atoms with E-state index in [9.17, 15) is 17.8 Å². The van der Waals surface area contributed by atoms with Gasteiger partial charge in [-0.2, -0.15) is 8.42 Å². The molecule has 0 spiro atoms. The first kappa shape index (κ1) is 28.6. The summed E-state index contributed by atoms with van der Waals surface area (Å²) in [5.41, 5.74) is 8.70. The van der Waals surface area contributed by atoms with Crippen molar-refractivity contribution in [2.45, 2.75) is 64.4 Å². The van der Waals surface area contributed by atoms with Crippen molar-refractivity contribution in [3.05, 3.63) is 22.1 Å². The van der Waals surface area contributed by atoms with Crippen LogP contribution in [0.2, 0.25) is 0 Å². The molecule has 0 saturated carbocycles. The Morgan fingerprint density at radius 1 is 1.38 bits per heavy atom. The fourth-order valence-electron chi connectivity index (χ4n) is 3.29. The number of carbonyl (C=O) groups excluding carboxylic acids is 1. The molecule has 0 aromatic rings. The molecule has 0 saturated heterocycles. The molecule has 0 aromatic heterocycles. The highest BCUT2D eigenvalue weighted by molar-refractivity contribution is 7.86. The van der Waals surface area contributed by atoms with E-state index in [0.29, 0.717) is 12.8 Å². The third kappa shape index (κ3) is 9.99. The molecule has 0 aliphatic heterocycles. The van der Waals surface area contributed by atoms with Crippen LogP contribution in [0.4, 0.5) is 0 Å². The Hall–Kier alpha value is -1.46. The normalized spacial score (nSPS) is 24.0. The van der Waals surface area contributed by atoms with Gasteiger partial charge in [0.2, 0.25) is 0 Å². The molecule has 0 amide bonds. The molecular formula is C18H33N4O8PS. The quantitative estimate of drug-likeness (QED) is 0.0949. The molecule has 1 aliphatic rings. The lowest BCUT2D eigenvalue weighted by atomic mass is 9.90. The summed E-state index contributed by atoms with van der Waals surface area (Å²) in [6.45, 7) is 7.08. The van der Waals surface area contributed by atoms with Gasteiger partial charge in [-0.3, -0.25) is 8.75 Å². The van der Waals surface area contributed by atoms with E-state index in [0.717, 1.165) is 6.26 Å². The van der Waals surface area contributed by atoms with Crippen molar-refractivity contribution in [2.24, 2.45) is 5.11 Å². The molecule has 1 aliphatic carbocycles. The van der Waals surface area contributed by atoms with E-state index in [1.54, 1.807) is 13.8 Å². The predicted molar refractivity (Wildman–Crippen MR) is 119 cm³/mol. The van der Waals surface area contributed by atoms with Gasteiger partial charge in [-0.25, -0.2) is 9.88 Å². The summed E-state index contributed by atoms with van der Waals surface area (Å²) in [6, 6.07) is -0.904. The molecule has 1 rings (SSSR count). The summed E-state index contributed by atoms with van der Waals surface area (Å²) in [5, 5.41) is 6.36. The first-order chi connectivity index (χ1) is 15.0. The highest BCUT2D eigenvalue weighted by atomic mass is 32.2. The van der Waals surface area contributed by atoms with E-state index in [-0.39, 0.29) is 37.9 Å². The van der Waals surface area contributed by atoms with Crippen LogP contribution in [-0.4, -0.2) is 71.4 Å². The van der Waals surface area contributed by atoms with E-state index in [2.05, 4.69) is 15.1 Å². The minimum atomic E-state index is -3.92. The van der Waals surface area contributed by atoms with Crippen molar-refractivity contribution < 1.29 is 36.0 Å². The maximum absolute atomic E-state index is 12.9. The third-order valence-corrected chi connectivity index (χ3v) is 6.67. The van der Waals surface area contributed by atoms with Crippen LogP contribution in [0.3, 0.4) is 0 Å². The minimum absolute atomic E-state index is 0.0922. The average molecular weight is 497 g/mol. The van der Waals surface area contributed by atoms with Crippen LogP contribution in [0.15, 0.2) is 16.8 Å². The van der Waals surface area contributed by atoms with Gasteiger partial charge in [0.05, 0.1) is 43.8 Å². The van der Waals surface area contributed by atoms with Crippen LogP contribution in [0.5, 0.6) is 0 Å². The Morgan fingerprint density at radius 3 is 2.59 bits per heavy atom. The van der Waals surface area contributed by atoms with Crippen molar-refractivity contribution in [2.75, 3.05) is 32.7 Å². The van der Waals surface area contributed by atoms with E-state index < -0.39 is 41.9 Å². The molecule has 0 radical (unpaired) electrons. The fraction of sp³-hybridized carbons (Fsp3) is 0.833. The van der Waals surface area contributed by atoms with Gasteiger partial charge in [-0.05, 0) is 38.3 Å². The predicted octanol–water partition coefficient (Wildman–Crippen LogP) is 2.91. The molecule has 1 N–H and O–H groups in total. The molecule has 0 heterocycles. The Balaban J connectivity index is 3.37. The fourth-order valence-corrected chi connectivity index (χ4v) is 5.35. The minimum Gasteiger partial charge on any atom is -0.463 e. The monoisotopic (exact) mass is 496 g/mol. The smallest absolute Gasteiger partial charge is 0.333 e. The van der Waals surface area contributed by atoms with E-state index >= 15 is 0 Å². The summed E-state index contributed by atoms with van der Waals surface area (Å²) in [7, 11) is -7.27. The van der Waals surface area contributed by atoms with Crippen LogP contribution in [0.25, 0.3) is 10.4 Å². The van der Waals surface area contributed by atoms with Crippen molar-refractivity contribution in [3.63, 3.8) is 0 Å². The summed E-state index contributed by atoms with van der Waals surface area (Å²) >= 11 is 0. The van der Waals surface area contributed by atoms with E-state index in [1.807, 2.05) is 6.92 Å². The number of nitrogens with one attached hydrogen (secondary N) is 1. The Bertz CT molecular complexity index is 859. The van der Waals surface area contributed by atoms with Crippen molar-refractivity contribution >= 4 is 23.6 Å². The van der Waals surface area contributed by atoms with Crippen molar-refractivity contribution in [1.29, 1.82) is 0 Å². The number of carbonyl (C=O) groups is 1. The summed E-state index contributed by atoms with van der Waals surface area (Å²) in [5.74, 6) is -0.617. The number of hydrogen-bond acceptors (Lipinski definition) is 9. The van der Waals surface area contributed by atoms with Crippen LogP contribution in [-0.2, 0) is 37.7 Å². The lowest BCUT2D eigenvalue weighted by molar-refractivity contribution is -0.139. The zero-order valence-corrected chi connectivity index (χ0v) is 20.8. The molecule has 5 atom stereocenters. The molecule has 0 aromatic carbocycles. The Labute approximate surface area is 189 Å². The largest absolute Gasteiger partial charge is 0.463 e. The number of hydrogen-bond donors (Lipinski definition) is 1. The Kier molecular flexibility index (Phi) is 11.9. The first-order valence-electron chi connectivity index (χ1n) is 10.4. The van der Waals surface area contributed by atoms with Gasteiger partial charge in [-0.1, -0.05) is 12.0 Å². The van der Waals surface area contributed by atoms with E-state index in [4.69, 9.17) is 23.7 Å². The number of ether oxygens (including phenoxy) is 2. The first-order valence-corrected chi connectivity index (χ1v) is 14.3. The molecular weight excluding hydrogens is 463 g/mol. The summed E-state index contributed by atoms with van der Waals surface area (Å²) in [4.78, 5) is 15.1. The summed E-state index contributed by atoms with van der Waals surface area (Å²) in [6.07, 6.45) is 0.923. The number of esters is 1. The topological polar surface area (TPSA) is 166 Å². The molecule has 14 heteroatoms. The van der Waals surface area contributed by atoms with Crippen LogP contribution < -0.4 is 5.09 Å². The molecule has 184 valence electrons. The maximum atomic E-state index is 12.9. The second-order valence-electron chi connectivity index (χ2n) is 7.25. The highest BCUT2D eigenvalue weighted by Gasteiger charge is 2.42. The standard InChI is InChI=1S/C18H33N4O8PS/c1-6-14(9-10-20-22-19)29-15-11-13(18(23)27-7-2)12-16(30-32(5,25)26)17(15)21-31(4,24)28-8-3/h11,14-17H,6-10,12H2,1-5H3,(H,21,24)/t14-,15+,16-,17-,31?/m0/s1. The van der Waals surface area contributed by atoms with Gasteiger partial charge in [0.25, 0.3) is 17.6 Å². The lowest BCUT2D eigenvalue weighted by Crippen LogP contribution is -2.53. The van der Waals surface area contributed by atoms with Gasteiger partial charge >= 0.3 is 5.97 Å². The highest BCUT2D eigenvalue weighted by Crippen LogP contribution is 2.41. The van der Waals surface area contributed by atoms with Gasteiger partial charge in [-0.15, -0.1) is 0 Å². The maximum Gasteiger partial charge on any atom is 0.333 e. The van der Waals surface area contributed by atoms with Gasteiger partial charge in [0.15, 0.2) is 0 Å². The SMILES string of the molecule is CCOC(=O)C1=C[C@@H](O[C@@H](CC)CCN=[N+]=[N-])[C@H](NP(C)(=O)OCC)[C@@H](OS(C)(=O)=O)C1. The van der Waals surface area contributed by atoms with Gasteiger partial charge < -0.3 is 14.0 Å². The zero-order chi connectivity index (χ0) is 24.4. The lowest BCUT2D eigenvalue weighted by Gasteiger charge is -2.38. The average Bonchev–Trinajstić information content (AvgIpc) is 2.68. The molecule has 1 unspecified atom stereocenters. The molecule has 0 fully saturated rings. The van der Waals surface area contributed by atoms with Crippen LogP contribution in [0.1, 0.15) is 40.0 Å². The van der Waals surface area contributed by atoms with Crippen LogP contribution >= 0.6 is 7.52 Å². The van der Waals surface area contributed by atoms with Crippen molar-refractivity contribution in [3.8, 4) is 0 Å². The third-order valence-electron chi connectivity index (χ3n) is 4.56. The van der Waals surface area contributed by atoms with E-state index in [1.165, 1.54) is 12.7 Å². The second kappa shape index (κ2) is 13.3. The summed E-state index contributed by atoms with van der Waals surface area (Å²) < 4.78 is 58.5. The van der Waals surface area contributed by atoms with Gasteiger partial charge in [0, 0.05) is 30.1 Å². The number of nitrogens with zero attached hydrogens (tertiary/aromatic N) is 3. The zero-order valence-electron chi connectivity index (χ0n) is 19.1. The number of rotatable bonds is 14. The second-order valence-corrected chi connectivity index (χ2v) is 11.1. The molecule has 12 nitrogen and oxygen atoms in total. The van der Waals surface area contributed by atoms with Crippen LogP contribution in [0, 0.1) is 0 Å². The molecule has 32 heavy (non-hydrogen) atoms.